The molecule has 2 heterocycles. The van der Waals surface area contributed by atoms with Gasteiger partial charge < -0.3 is 15.1 Å². The second-order valence-corrected chi connectivity index (χ2v) is 6.22. The molecule has 0 aromatic heterocycles. The predicted octanol–water partition coefficient (Wildman–Crippen LogP) is 1.73. The van der Waals surface area contributed by atoms with E-state index in [9.17, 15) is 15.0 Å². The van der Waals surface area contributed by atoms with E-state index in [1.807, 2.05) is 0 Å². The van der Waals surface area contributed by atoms with Gasteiger partial charge in [-0.2, -0.15) is 4.99 Å². The number of hydrogen-bond donors (Lipinski definition) is 2. The molecule has 3 rings (SSSR count). The van der Waals surface area contributed by atoms with E-state index in [4.69, 9.17) is 0 Å². The summed E-state index contributed by atoms with van der Waals surface area (Å²) in [6, 6.07) is 4.45. The molecule has 2 aliphatic heterocycles. The molecule has 0 saturated carbocycles. The number of likely N-dealkylation sites (tertiary alicyclic amines) is 1. The van der Waals surface area contributed by atoms with Gasteiger partial charge in [0, 0.05) is 585 Å². The number of aromatic hydroxyl groups is 2. The molecule has 5 nitrogen and oxygen atoms in total. The molecule has 0 bridgehead atoms. The summed E-state index contributed by atoms with van der Waals surface area (Å²) in [5.41, 5.74) is 0.659. The molecule has 0 radical (unpaired) electrons. The Morgan fingerprint density at radius 1 is 0.794 bits per heavy atom. The van der Waals surface area contributed by atoms with Crippen molar-refractivity contribution in [3.05, 3.63) is 23.8 Å². The molecule has 1 saturated heterocycles. The second-order valence-electron chi connectivity index (χ2n) is 5.05. The van der Waals surface area contributed by atoms with E-state index in [0.29, 0.717) is 12.0 Å². The van der Waals surface area contributed by atoms with Crippen LogP contribution in [0.5, 0.6) is 11.5 Å². The Morgan fingerprint density at radius 2 is 1.24 bits per heavy atom. The van der Waals surface area contributed by atoms with Gasteiger partial charge in [-0.1, -0.05) is 17.8 Å². The van der Waals surface area contributed by atoms with Crippen molar-refractivity contribution in [3.63, 3.8) is 0 Å². The number of hydrogen-bond acceptors (Lipinski definition) is 5. The first-order chi connectivity index (χ1) is 9.63. The van der Waals surface area contributed by atoms with Crippen molar-refractivity contribution in [2.24, 2.45) is 4.99 Å². The van der Waals surface area contributed by atoms with Crippen LogP contribution in [0.4, 0.5) is 0 Å². The van der Waals surface area contributed by atoms with Crippen LogP contribution in [-0.2, 0) is 11.2 Å². The number of benzene rings is 1. The Morgan fingerprint density at radius 3 is 1.65 bits per heavy atom. The van der Waals surface area contributed by atoms with Crippen LogP contribution in [0.25, 0.3) is 0 Å². The van der Waals surface area contributed by atoms with Crippen LogP contribution >= 0.6 is 11.8 Å². The van der Waals surface area contributed by atoms with E-state index in [-0.39, 0.29) is 588 Å². The van der Waals surface area contributed by atoms with Crippen molar-refractivity contribution in [1.82, 2.24) is 4.90 Å². The summed E-state index contributed by atoms with van der Waals surface area (Å²) < 4.78 is 0. The maximum absolute atomic E-state index is 12.0. The molecule has 34 heavy (non-hydrogen) atoms. The van der Waals surface area contributed by atoms with Crippen molar-refractivity contribution >= 4 is 22.8 Å². The number of phenols is 2. The van der Waals surface area contributed by atoms with Gasteiger partial charge in [0.05, 0.1) is 5.25 Å². The van der Waals surface area contributed by atoms with Crippen LogP contribution in [0, 0.1) is 565 Å². The van der Waals surface area contributed by atoms with Gasteiger partial charge in [-0.05, 0) is 30.9 Å². The smallest absolute Gasteiger partial charge is 0.262 e. The maximum atomic E-state index is 12.0. The first-order valence-electron chi connectivity index (χ1n) is 6.68. The summed E-state index contributed by atoms with van der Waals surface area (Å²) >= 11 is 1.48. The molecule has 1 unspecified atom stereocenters. The Kier molecular flexibility index (Phi) is 129. The number of carbonyl (C=O) groups excluding carboxylic acids is 1. The minimum atomic E-state index is -0.277. The number of carbonyl (C=O) groups is 1. The topological polar surface area (TPSA) is 73.1 Å². The molecule has 0 aliphatic carbocycles. The number of amides is 1. The molecule has 1 aromatic carbocycles. The fourth-order valence-electron chi connectivity index (χ4n) is 2.48. The predicted molar refractivity (Wildman–Crippen MR) is 78.1 cm³/mol. The second kappa shape index (κ2) is 52.1. The zero-order chi connectivity index (χ0) is 14.1. The molecular formula is C14H16N2O3SSm14. The number of nitrogens with zero attached hydrogens (tertiary/aromatic N) is 2. The molecule has 1 amide bonds. The molecule has 1 atom stereocenters. The van der Waals surface area contributed by atoms with Crippen molar-refractivity contribution in [2.75, 3.05) is 13.1 Å². The molecule has 20 heteroatoms. The largest absolute Gasteiger partial charge is 0.508 e. The van der Waals surface area contributed by atoms with E-state index in [1.54, 1.807) is 6.07 Å². The van der Waals surface area contributed by atoms with E-state index in [1.165, 1.54) is 23.9 Å². The first kappa shape index (κ1) is 83.9. The Labute approximate surface area is 661 Å². The summed E-state index contributed by atoms with van der Waals surface area (Å²) in [5, 5.41) is 19.6. The molecule has 1 aromatic rings. The number of aliphatic imine (C=N–C) groups is 1. The zero-order valence-electron chi connectivity index (χ0n) is 16.7. The van der Waals surface area contributed by atoms with E-state index in [2.05, 4.69) is 9.89 Å². The van der Waals surface area contributed by atoms with E-state index in [0.717, 1.165) is 31.1 Å². The minimum absolute atomic E-state index is 0. The van der Waals surface area contributed by atoms with Crippen LogP contribution < -0.4 is 0 Å². The van der Waals surface area contributed by atoms with Crippen LogP contribution in [0.3, 0.4) is 0 Å². The molecule has 1 fully saturated rings. The first-order valence-corrected chi connectivity index (χ1v) is 7.56. The summed E-state index contributed by atoms with van der Waals surface area (Å²) in [6.45, 7) is 1.94. The van der Waals surface area contributed by atoms with E-state index >= 15 is 0 Å². The van der Waals surface area contributed by atoms with Crippen molar-refractivity contribution < 1.29 is 580 Å². The Bertz CT molecular complexity index is 601. The number of amidine groups is 1. The normalized spacial score (nSPS) is 13.2. The third-order valence-corrected chi connectivity index (χ3v) is 4.79. The summed E-state index contributed by atoms with van der Waals surface area (Å²) in [6.07, 6.45) is 2.73. The Balaban J connectivity index is -0.0000000346. The van der Waals surface area contributed by atoms with Crippen LogP contribution in [0.15, 0.2) is 23.2 Å². The molecule has 0 spiro atoms. The third kappa shape index (κ3) is 34.8. The Hall–Kier alpha value is 17.0. The number of phenolic OH excluding ortho intramolecular Hbond substituents is 2. The quantitative estimate of drug-likeness (QED) is 0.473. The minimum Gasteiger partial charge on any atom is -0.508 e. The molecular weight excluding hydrogens is 2380 g/mol. The molecule has 2 aliphatic rings. The van der Waals surface area contributed by atoms with Gasteiger partial charge in [-0.25, -0.2) is 0 Å². The fraction of sp³-hybridized carbons (Fsp3) is 0.429. The van der Waals surface area contributed by atoms with Crippen LogP contribution in [0.1, 0.15) is 18.4 Å². The van der Waals surface area contributed by atoms with Gasteiger partial charge in [0.25, 0.3) is 5.91 Å². The van der Waals surface area contributed by atoms with Crippen molar-refractivity contribution in [2.45, 2.75) is 24.5 Å². The fourth-order valence-corrected chi connectivity index (χ4v) is 3.62. The maximum Gasteiger partial charge on any atom is 0.262 e. The summed E-state index contributed by atoms with van der Waals surface area (Å²) in [7, 11) is 0. The average molecular weight is 2400 g/mol. The summed E-state index contributed by atoms with van der Waals surface area (Å²) in [4.78, 5) is 18.2. The third-order valence-electron chi connectivity index (χ3n) is 3.58. The summed E-state index contributed by atoms with van der Waals surface area (Å²) in [5.74, 6) is -0.0944. The number of thioether (sulfide) groups is 1. The van der Waals surface area contributed by atoms with Gasteiger partial charge in [-0.3, -0.25) is 4.79 Å². The van der Waals surface area contributed by atoms with Gasteiger partial charge in [0.15, 0.2) is 5.17 Å². The van der Waals surface area contributed by atoms with Gasteiger partial charge in [-0.15, -0.1) is 0 Å². The van der Waals surface area contributed by atoms with Gasteiger partial charge in [0.1, 0.15) is 11.5 Å². The molecule has 190 valence electrons. The number of rotatable bonds is 2. The van der Waals surface area contributed by atoms with Gasteiger partial charge >= 0.3 is 0 Å². The SMILES string of the molecule is O=C1N=C(N2CCCC2)SC1Cc1ccc(O)cc1O.[Sm].[Sm].[Sm].[Sm].[Sm].[Sm].[Sm].[Sm].[Sm].[Sm].[Sm].[Sm].[Sm].[Sm]. The van der Waals surface area contributed by atoms with Crippen LogP contribution in [-0.4, -0.2) is 44.5 Å². The van der Waals surface area contributed by atoms with E-state index < -0.39 is 0 Å². The average Bonchev–Trinajstić information content (AvgIpc) is 3.03. The zero-order valence-corrected chi connectivity index (χ0v) is 54.2. The van der Waals surface area contributed by atoms with Crippen molar-refractivity contribution in [3.8, 4) is 11.5 Å². The molecule has 2 N–H and O–H groups in total. The van der Waals surface area contributed by atoms with Crippen molar-refractivity contribution in [1.29, 1.82) is 0 Å². The monoisotopic (exact) mass is 2420 g/mol. The van der Waals surface area contributed by atoms with Gasteiger partial charge in [0.2, 0.25) is 0 Å². The standard InChI is InChI=1S/C14H16N2O3S.14Sm/c17-10-4-3-9(11(18)8-10)7-12-13(19)15-14(20-12)16-5-1-2-6-16;;;;;;;;;;;;;;/h3-4,8,12,17-18H,1-2,5-7H2;;;;;;;;;;;;;;. The van der Waals surface area contributed by atoms with Crippen LogP contribution in [0.2, 0.25) is 0 Å².